The summed E-state index contributed by atoms with van der Waals surface area (Å²) in [4.78, 5) is 33.2. The molecule has 0 aliphatic carbocycles. The van der Waals surface area contributed by atoms with Crippen LogP contribution in [0.15, 0.2) is 18.2 Å². The van der Waals surface area contributed by atoms with Gasteiger partial charge in [-0.15, -0.1) is 0 Å². The first kappa shape index (κ1) is 24.0. The normalized spacial score (nSPS) is 20.3. The summed E-state index contributed by atoms with van der Waals surface area (Å²) in [5.41, 5.74) is 2.47. The SMILES string of the molecule is Cc1cc(NC(=O)N2Cc3c(nn4c3C(=O)N(C)OC(COCC(F)F)C4)C[C@H]2C)ccc1F. The second-order valence-corrected chi connectivity index (χ2v) is 8.49. The second kappa shape index (κ2) is 9.63. The molecule has 2 aliphatic rings. The second-order valence-electron chi connectivity index (χ2n) is 8.49. The molecule has 1 aromatic heterocycles. The Labute approximate surface area is 194 Å². The smallest absolute Gasteiger partial charge is 0.322 e. The topological polar surface area (TPSA) is 88.9 Å². The third-order valence-corrected chi connectivity index (χ3v) is 5.87. The van der Waals surface area contributed by atoms with Gasteiger partial charge in [-0.25, -0.2) is 23.0 Å². The molecule has 1 unspecified atom stereocenters. The Hall–Kier alpha value is -3.12. The number of carbonyl (C=O) groups is 2. The van der Waals surface area contributed by atoms with Crippen molar-refractivity contribution in [2.45, 2.75) is 51.9 Å². The van der Waals surface area contributed by atoms with Crippen LogP contribution in [0.3, 0.4) is 0 Å². The van der Waals surface area contributed by atoms with E-state index in [0.29, 0.717) is 28.9 Å². The molecule has 0 saturated heterocycles. The van der Waals surface area contributed by atoms with E-state index in [2.05, 4.69) is 10.4 Å². The average Bonchev–Trinajstić information content (AvgIpc) is 3.05. The molecule has 3 amide bonds. The van der Waals surface area contributed by atoms with Crippen molar-refractivity contribution in [3.63, 3.8) is 0 Å². The number of amides is 3. The fourth-order valence-electron chi connectivity index (χ4n) is 4.17. The van der Waals surface area contributed by atoms with Crippen LogP contribution < -0.4 is 5.32 Å². The maximum Gasteiger partial charge on any atom is 0.322 e. The van der Waals surface area contributed by atoms with Gasteiger partial charge in [0.2, 0.25) is 0 Å². The third kappa shape index (κ3) is 4.87. The molecule has 2 aromatic rings. The van der Waals surface area contributed by atoms with Gasteiger partial charge in [0.1, 0.15) is 24.2 Å². The van der Waals surface area contributed by atoms with Crippen LogP contribution in [0.5, 0.6) is 0 Å². The molecule has 184 valence electrons. The molecular weight excluding hydrogens is 455 g/mol. The zero-order valence-electron chi connectivity index (χ0n) is 19.1. The summed E-state index contributed by atoms with van der Waals surface area (Å²) in [6.45, 7) is 2.91. The van der Waals surface area contributed by atoms with Gasteiger partial charge in [-0.2, -0.15) is 5.10 Å². The molecule has 0 fully saturated rings. The van der Waals surface area contributed by atoms with Gasteiger partial charge in [0.25, 0.3) is 12.3 Å². The van der Waals surface area contributed by atoms with E-state index < -0.39 is 25.0 Å². The van der Waals surface area contributed by atoms with Crippen molar-refractivity contribution in [2.75, 3.05) is 25.6 Å². The van der Waals surface area contributed by atoms with Crippen LogP contribution in [-0.2, 0) is 29.1 Å². The molecule has 34 heavy (non-hydrogen) atoms. The van der Waals surface area contributed by atoms with Crippen molar-refractivity contribution < 1.29 is 32.3 Å². The lowest BCUT2D eigenvalue weighted by Gasteiger charge is -2.33. The highest BCUT2D eigenvalue weighted by molar-refractivity contribution is 5.94. The highest BCUT2D eigenvalue weighted by atomic mass is 19.3. The monoisotopic (exact) mass is 481 g/mol. The standard InChI is InChI=1S/C22H26F3N5O4/c1-12-6-14(4-5-17(12)23)26-22(32)29-9-16-18(7-13(29)2)27-30-8-15(10-33-11-19(24)25)34-28(3)21(31)20(16)30/h4-6,13,15,19H,7-11H2,1-3H3,(H,26,32)/t13-,15?/m1/s1. The lowest BCUT2D eigenvalue weighted by molar-refractivity contribution is -0.169. The van der Waals surface area contributed by atoms with Crippen molar-refractivity contribution in [1.82, 2.24) is 19.7 Å². The van der Waals surface area contributed by atoms with Crippen molar-refractivity contribution in [1.29, 1.82) is 0 Å². The lowest BCUT2D eigenvalue weighted by Crippen LogP contribution is -2.45. The zero-order valence-corrected chi connectivity index (χ0v) is 19.1. The number of benzene rings is 1. The predicted octanol–water partition coefficient (Wildman–Crippen LogP) is 2.98. The molecule has 3 heterocycles. The lowest BCUT2D eigenvalue weighted by atomic mass is 9.99. The maximum absolute atomic E-state index is 13.6. The number of carbonyl (C=O) groups excluding carboxylic acids is 2. The number of nitrogens with one attached hydrogen (secondary N) is 1. The number of urea groups is 1. The number of hydroxylamine groups is 2. The largest absolute Gasteiger partial charge is 0.373 e. The minimum atomic E-state index is -2.60. The number of aromatic nitrogens is 2. The number of ether oxygens (including phenoxy) is 1. The van der Waals surface area contributed by atoms with E-state index in [9.17, 15) is 22.8 Å². The van der Waals surface area contributed by atoms with E-state index in [1.54, 1.807) is 17.9 Å². The third-order valence-electron chi connectivity index (χ3n) is 5.87. The Morgan fingerprint density at radius 2 is 2.15 bits per heavy atom. The van der Waals surface area contributed by atoms with Gasteiger partial charge in [-0.3, -0.25) is 14.3 Å². The van der Waals surface area contributed by atoms with Gasteiger partial charge in [-0.1, -0.05) is 0 Å². The number of hydrogen-bond donors (Lipinski definition) is 1. The zero-order chi connectivity index (χ0) is 24.6. The molecule has 1 N–H and O–H groups in total. The Morgan fingerprint density at radius 1 is 1.38 bits per heavy atom. The average molecular weight is 481 g/mol. The number of aryl methyl sites for hydroxylation is 1. The summed E-state index contributed by atoms with van der Waals surface area (Å²) in [5, 5.41) is 8.39. The molecule has 1 aromatic carbocycles. The van der Waals surface area contributed by atoms with Crippen LogP contribution in [0.1, 0.15) is 34.2 Å². The first-order valence-corrected chi connectivity index (χ1v) is 10.9. The Morgan fingerprint density at radius 3 is 2.85 bits per heavy atom. The van der Waals surface area contributed by atoms with E-state index >= 15 is 0 Å². The summed E-state index contributed by atoms with van der Waals surface area (Å²) in [7, 11) is 1.43. The van der Waals surface area contributed by atoms with Crippen LogP contribution in [0.25, 0.3) is 0 Å². The number of rotatable bonds is 5. The molecule has 0 saturated carbocycles. The van der Waals surface area contributed by atoms with Gasteiger partial charge in [0.05, 0.1) is 25.4 Å². The van der Waals surface area contributed by atoms with Crippen LogP contribution in [0.2, 0.25) is 0 Å². The number of hydrogen-bond acceptors (Lipinski definition) is 5. The number of alkyl halides is 2. The minimum absolute atomic E-state index is 0.131. The van der Waals surface area contributed by atoms with Gasteiger partial charge in [0, 0.05) is 30.8 Å². The number of halogens is 3. The molecule has 2 atom stereocenters. The minimum Gasteiger partial charge on any atom is -0.373 e. The summed E-state index contributed by atoms with van der Waals surface area (Å²) in [6, 6.07) is 3.73. The van der Waals surface area contributed by atoms with Crippen molar-refractivity contribution in [2.24, 2.45) is 0 Å². The van der Waals surface area contributed by atoms with Gasteiger partial charge in [-0.05, 0) is 37.6 Å². The summed E-state index contributed by atoms with van der Waals surface area (Å²) >= 11 is 0. The van der Waals surface area contributed by atoms with E-state index in [1.807, 2.05) is 6.92 Å². The van der Waals surface area contributed by atoms with E-state index in [-0.39, 0.29) is 43.3 Å². The predicted molar refractivity (Wildman–Crippen MR) is 115 cm³/mol. The van der Waals surface area contributed by atoms with Crippen LogP contribution in [0, 0.1) is 12.7 Å². The first-order valence-electron chi connectivity index (χ1n) is 10.9. The Kier molecular flexibility index (Phi) is 6.80. The van der Waals surface area contributed by atoms with Crippen molar-refractivity contribution >= 4 is 17.6 Å². The van der Waals surface area contributed by atoms with Crippen molar-refractivity contribution in [3.05, 3.63) is 46.5 Å². The quantitative estimate of drug-likeness (QED) is 0.710. The summed E-state index contributed by atoms with van der Waals surface area (Å²) < 4.78 is 44.9. The van der Waals surface area contributed by atoms with E-state index in [4.69, 9.17) is 9.57 Å². The molecule has 0 radical (unpaired) electrons. The molecule has 0 bridgehead atoms. The van der Waals surface area contributed by atoms with E-state index in [0.717, 1.165) is 5.06 Å². The fourth-order valence-corrected chi connectivity index (χ4v) is 4.17. The van der Waals surface area contributed by atoms with Crippen LogP contribution in [0.4, 0.5) is 23.7 Å². The number of nitrogens with zero attached hydrogens (tertiary/aromatic N) is 4. The Bertz CT molecular complexity index is 1090. The van der Waals surface area contributed by atoms with Gasteiger partial charge < -0.3 is 15.0 Å². The highest BCUT2D eigenvalue weighted by Gasteiger charge is 2.37. The summed E-state index contributed by atoms with van der Waals surface area (Å²) in [5.74, 6) is -0.812. The van der Waals surface area contributed by atoms with Crippen LogP contribution in [-0.4, -0.2) is 70.5 Å². The maximum atomic E-state index is 13.6. The fraction of sp³-hybridized carbons (Fsp3) is 0.500. The molecule has 0 spiro atoms. The van der Waals surface area contributed by atoms with Gasteiger partial charge >= 0.3 is 6.03 Å². The number of fused-ring (bicyclic) bond motifs is 3. The van der Waals surface area contributed by atoms with Crippen molar-refractivity contribution in [3.8, 4) is 0 Å². The number of anilines is 1. The molecule has 4 rings (SSSR count). The first-order chi connectivity index (χ1) is 16.1. The Balaban J connectivity index is 1.54. The van der Waals surface area contributed by atoms with E-state index in [1.165, 1.54) is 23.9 Å². The molecule has 12 heteroatoms. The summed E-state index contributed by atoms with van der Waals surface area (Å²) in [6.07, 6.45) is -2.86. The molecule has 9 nitrogen and oxygen atoms in total. The van der Waals surface area contributed by atoms with Gasteiger partial charge in [0.15, 0.2) is 0 Å². The van der Waals surface area contributed by atoms with Crippen LogP contribution >= 0.6 is 0 Å². The molecular formula is C22H26F3N5O4. The highest BCUT2D eigenvalue weighted by Crippen LogP contribution is 2.29. The molecule has 2 aliphatic heterocycles.